The summed E-state index contributed by atoms with van der Waals surface area (Å²) in [6, 6.07) is -0.0892. The summed E-state index contributed by atoms with van der Waals surface area (Å²) in [5, 5.41) is 2.93. The summed E-state index contributed by atoms with van der Waals surface area (Å²) in [5.74, 6) is 1.65. The number of imidazole rings is 1. The van der Waals surface area contributed by atoms with E-state index in [4.69, 9.17) is 0 Å². The summed E-state index contributed by atoms with van der Waals surface area (Å²) in [5.41, 5.74) is 0. The number of carbonyl (C=O) groups is 1. The predicted molar refractivity (Wildman–Crippen MR) is 96.4 cm³/mol. The van der Waals surface area contributed by atoms with Crippen LogP contribution in [0.15, 0.2) is 12.4 Å². The second-order valence-corrected chi connectivity index (χ2v) is 8.93. The normalized spacial score (nSPS) is 16.4. The molecule has 0 unspecified atom stereocenters. The van der Waals surface area contributed by atoms with Gasteiger partial charge in [-0.05, 0) is 24.7 Å². The summed E-state index contributed by atoms with van der Waals surface area (Å²) >= 11 is 0. The quantitative estimate of drug-likeness (QED) is 0.748. The largest absolute Gasteiger partial charge is 0.333 e. The van der Waals surface area contributed by atoms with Gasteiger partial charge >= 0.3 is 6.03 Å². The molecule has 2 heterocycles. The van der Waals surface area contributed by atoms with Gasteiger partial charge in [-0.25, -0.2) is 22.9 Å². The topological polar surface area (TPSA) is 96.3 Å². The molecular formula is C16H29N5O3S. The van der Waals surface area contributed by atoms with Crippen molar-refractivity contribution in [3.8, 4) is 0 Å². The van der Waals surface area contributed by atoms with Gasteiger partial charge in [0.25, 0.3) is 0 Å². The molecule has 2 rings (SSSR count). The summed E-state index contributed by atoms with van der Waals surface area (Å²) in [7, 11) is -3.15. The van der Waals surface area contributed by atoms with E-state index in [1.165, 1.54) is 6.26 Å². The average molecular weight is 372 g/mol. The Labute approximate surface area is 150 Å². The third-order valence-electron chi connectivity index (χ3n) is 4.30. The molecule has 8 nitrogen and oxygen atoms in total. The molecule has 1 aliphatic heterocycles. The molecule has 1 fully saturated rings. The van der Waals surface area contributed by atoms with Gasteiger partial charge in [0.1, 0.15) is 5.82 Å². The van der Waals surface area contributed by atoms with Gasteiger partial charge in [0.2, 0.25) is 10.0 Å². The van der Waals surface area contributed by atoms with Crippen molar-refractivity contribution in [1.29, 1.82) is 0 Å². The molecule has 0 aromatic carbocycles. The average Bonchev–Trinajstić information content (AvgIpc) is 2.97. The van der Waals surface area contributed by atoms with Crippen LogP contribution in [-0.4, -0.2) is 54.8 Å². The zero-order valence-electron chi connectivity index (χ0n) is 15.2. The molecule has 1 aromatic heterocycles. The van der Waals surface area contributed by atoms with Crippen LogP contribution in [0.3, 0.4) is 0 Å². The molecule has 1 saturated heterocycles. The van der Waals surface area contributed by atoms with Crippen LogP contribution in [-0.2, 0) is 23.1 Å². The molecule has 142 valence electrons. The van der Waals surface area contributed by atoms with Crippen molar-refractivity contribution >= 4 is 16.1 Å². The lowest BCUT2D eigenvalue weighted by Crippen LogP contribution is -2.45. The molecule has 0 saturated carbocycles. The summed E-state index contributed by atoms with van der Waals surface area (Å²) in [6.45, 7) is 7.31. The van der Waals surface area contributed by atoms with Crippen LogP contribution < -0.4 is 10.0 Å². The van der Waals surface area contributed by atoms with Crippen molar-refractivity contribution < 1.29 is 13.2 Å². The van der Waals surface area contributed by atoms with Crippen LogP contribution in [0.4, 0.5) is 4.79 Å². The highest BCUT2D eigenvalue weighted by Crippen LogP contribution is 2.16. The Kier molecular flexibility index (Phi) is 6.83. The minimum absolute atomic E-state index is 0.0892. The molecule has 0 radical (unpaired) electrons. The first kappa shape index (κ1) is 19.7. The number of amides is 2. The highest BCUT2D eigenvalue weighted by atomic mass is 32.2. The first-order valence-corrected chi connectivity index (χ1v) is 10.6. The first-order chi connectivity index (χ1) is 11.7. The number of aromatic nitrogens is 2. The lowest BCUT2D eigenvalue weighted by Gasteiger charge is -2.32. The van der Waals surface area contributed by atoms with E-state index >= 15 is 0 Å². The van der Waals surface area contributed by atoms with Crippen molar-refractivity contribution in [3.05, 3.63) is 18.2 Å². The third kappa shape index (κ3) is 6.66. The van der Waals surface area contributed by atoms with Gasteiger partial charge in [-0.2, -0.15) is 0 Å². The predicted octanol–water partition coefficient (Wildman–Crippen LogP) is 1.01. The minimum Gasteiger partial charge on any atom is -0.333 e. The Morgan fingerprint density at radius 2 is 2.04 bits per heavy atom. The third-order valence-corrected chi connectivity index (χ3v) is 4.99. The molecule has 2 N–H and O–H groups in total. The number of piperidine rings is 1. The van der Waals surface area contributed by atoms with Crippen LogP contribution in [0, 0.1) is 11.8 Å². The van der Waals surface area contributed by atoms with Crippen molar-refractivity contribution in [2.75, 3.05) is 25.9 Å². The van der Waals surface area contributed by atoms with Crippen molar-refractivity contribution in [2.24, 2.45) is 11.8 Å². The maximum absolute atomic E-state index is 12.3. The van der Waals surface area contributed by atoms with E-state index in [-0.39, 0.29) is 11.9 Å². The minimum atomic E-state index is -3.15. The highest BCUT2D eigenvalue weighted by molar-refractivity contribution is 7.88. The van der Waals surface area contributed by atoms with Crippen LogP contribution in [0.25, 0.3) is 0 Å². The van der Waals surface area contributed by atoms with E-state index in [2.05, 4.69) is 33.4 Å². The molecule has 1 aromatic rings. The number of rotatable bonds is 7. The number of urea groups is 1. The molecule has 9 heteroatoms. The number of carbonyl (C=O) groups excluding carboxylic acids is 1. The van der Waals surface area contributed by atoms with E-state index in [9.17, 15) is 13.2 Å². The van der Waals surface area contributed by atoms with Crippen LogP contribution >= 0.6 is 0 Å². The van der Waals surface area contributed by atoms with Gasteiger partial charge in [0, 0.05) is 38.6 Å². The van der Waals surface area contributed by atoms with Gasteiger partial charge in [-0.1, -0.05) is 13.8 Å². The second-order valence-electron chi connectivity index (χ2n) is 7.10. The monoisotopic (exact) mass is 371 g/mol. The van der Waals surface area contributed by atoms with Crippen molar-refractivity contribution in [1.82, 2.24) is 24.5 Å². The van der Waals surface area contributed by atoms with E-state index in [1.807, 2.05) is 6.20 Å². The zero-order chi connectivity index (χ0) is 18.4. The van der Waals surface area contributed by atoms with E-state index in [1.54, 1.807) is 11.1 Å². The standard InChI is InChI=1S/C16H29N5O3S/c1-13(2)12-21-9-6-17-15(21)11-18-16(22)20-7-4-14(5-8-20)10-19-25(3,23)24/h6,9,13-14,19H,4-5,7-8,10-12H2,1-3H3,(H,18,22). The first-order valence-electron chi connectivity index (χ1n) is 8.72. The van der Waals surface area contributed by atoms with Gasteiger partial charge in [0.05, 0.1) is 12.8 Å². The van der Waals surface area contributed by atoms with E-state index < -0.39 is 10.0 Å². The number of sulfonamides is 1. The molecular weight excluding hydrogens is 342 g/mol. The molecule has 0 aliphatic carbocycles. The number of nitrogens with one attached hydrogen (secondary N) is 2. The SMILES string of the molecule is CC(C)Cn1ccnc1CNC(=O)N1CCC(CNS(C)(=O)=O)CC1. The highest BCUT2D eigenvalue weighted by Gasteiger charge is 2.23. The summed E-state index contributed by atoms with van der Waals surface area (Å²) in [4.78, 5) is 18.4. The zero-order valence-corrected chi connectivity index (χ0v) is 16.1. The van der Waals surface area contributed by atoms with Gasteiger partial charge < -0.3 is 14.8 Å². The number of likely N-dealkylation sites (tertiary alicyclic amines) is 1. The lowest BCUT2D eigenvalue weighted by molar-refractivity contribution is 0.170. The lowest BCUT2D eigenvalue weighted by atomic mass is 9.97. The van der Waals surface area contributed by atoms with Gasteiger partial charge in [-0.3, -0.25) is 0 Å². The van der Waals surface area contributed by atoms with Crippen molar-refractivity contribution in [3.63, 3.8) is 0 Å². The number of hydrogen-bond donors (Lipinski definition) is 2. The fraction of sp³-hybridized carbons (Fsp3) is 0.750. The maximum atomic E-state index is 12.3. The number of hydrogen-bond acceptors (Lipinski definition) is 4. The fourth-order valence-electron chi connectivity index (χ4n) is 2.94. The van der Waals surface area contributed by atoms with Crippen molar-refractivity contribution in [2.45, 2.75) is 39.8 Å². The Morgan fingerprint density at radius 1 is 1.36 bits per heavy atom. The molecule has 0 atom stereocenters. The van der Waals surface area contributed by atoms with E-state index in [0.29, 0.717) is 32.1 Å². The Balaban J connectivity index is 1.75. The summed E-state index contributed by atoms with van der Waals surface area (Å²) in [6.07, 6.45) is 6.46. The molecule has 2 amide bonds. The smallest absolute Gasteiger partial charge is 0.317 e. The van der Waals surface area contributed by atoms with Crippen LogP contribution in [0.1, 0.15) is 32.5 Å². The Morgan fingerprint density at radius 3 is 2.64 bits per heavy atom. The Hall–Kier alpha value is -1.61. The van der Waals surface area contributed by atoms with Gasteiger partial charge in [0.15, 0.2) is 0 Å². The summed E-state index contributed by atoms with van der Waals surface area (Å²) < 4.78 is 26.9. The molecule has 0 spiro atoms. The maximum Gasteiger partial charge on any atom is 0.317 e. The molecule has 0 bridgehead atoms. The number of nitrogens with zero attached hydrogens (tertiary/aromatic N) is 3. The molecule has 1 aliphatic rings. The van der Waals surface area contributed by atoms with Crippen LogP contribution in [0.5, 0.6) is 0 Å². The molecule has 25 heavy (non-hydrogen) atoms. The van der Waals surface area contributed by atoms with E-state index in [0.717, 1.165) is 25.2 Å². The Bertz CT molecular complexity index is 663. The van der Waals surface area contributed by atoms with Gasteiger partial charge in [-0.15, -0.1) is 0 Å². The van der Waals surface area contributed by atoms with Crippen LogP contribution in [0.2, 0.25) is 0 Å². The fourth-order valence-corrected chi connectivity index (χ4v) is 3.48. The second kappa shape index (κ2) is 8.66.